The highest BCUT2D eigenvalue weighted by molar-refractivity contribution is 5.37. The normalized spacial score (nSPS) is 29.7. The molecule has 3 aliphatic rings. The van der Waals surface area contributed by atoms with Gasteiger partial charge < -0.3 is 10.2 Å². The average Bonchev–Trinajstić information content (AvgIpc) is 2.39. The van der Waals surface area contributed by atoms with Crippen LogP contribution in [0.4, 0.5) is 0 Å². The van der Waals surface area contributed by atoms with E-state index in [0.29, 0.717) is 6.04 Å². The number of hydrogen-bond acceptors (Lipinski definition) is 2. The van der Waals surface area contributed by atoms with Gasteiger partial charge in [-0.05, 0) is 69.3 Å². The van der Waals surface area contributed by atoms with Crippen molar-refractivity contribution in [3.05, 3.63) is 34.4 Å². The van der Waals surface area contributed by atoms with E-state index in [4.69, 9.17) is 0 Å². The van der Waals surface area contributed by atoms with Crippen LogP contribution in [0, 0.1) is 26.7 Å². The van der Waals surface area contributed by atoms with E-state index < -0.39 is 0 Å². The summed E-state index contributed by atoms with van der Waals surface area (Å²) in [5.41, 5.74) is 5.75. The molecule has 1 unspecified atom stereocenters. The maximum absolute atomic E-state index is 3.83. The second-order valence-electron chi connectivity index (χ2n) is 6.50. The largest absolute Gasteiger partial charge is 0.308 e. The Bertz CT molecular complexity index is 435. The van der Waals surface area contributed by atoms with Gasteiger partial charge in [-0.3, -0.25) is 0 Å². The van der Waals surface area contributed by atoms with E-state index in [1.807, 2.05) is 0 Å². The van der Waals surface area contributed by atoms with E-state index in [1.165, 1.54) is 54.7 Å². The monoisotopic (exact) mass is 258 g/mol. The molecule has 19 heavy (non-hydrogen) atoms. The molecule has 2 bridgehead atoms. The topological polar surface area (TPSA) is 15.3 Å². The molecule has 3 fully saturated rings. The number of benzene rings is 1. The summed E-state index contributed by atoms with van der Waals surface area (Å²) in [5, 5.41) is 3.83. The Kier molecular flexibility index (Phi) is 3.64. The van der Waals surface area contributed by atoms with Crippen LogP contribution in [0.2, 0.25) is 0 Å². The van der Waals surface area contributed by atoms with Crippen LogP contribution < -0.4 is 5.32 Å². The summed E-state index contributed by atoms with van der Waals surface area (Å²) in [4.78, 5) is 2.62. The third kappa shape index (κ3) is 2.70. The summed E-state index contributed by atoms with van der Waals surface area (Å²) < 4.78 is 0. The van der Waals surface area contributed by atoms with Crippen LogP contribution in [0.15, 0.2) is 12.1 Å². The number of rotatable bonds is 3. The molecule has 1 atom stereocenters. The van der Waals surface area contributed by atoms with Crippen molar-refractivity contribution in [3.63, 3.8) is 0 Å². The van der Waals surface area contributed by atoms with E-state index >= 15 is 0 Å². The maximum atomic E-state index is 3.83. The molecule has 0 amide bonds. The predicted octanol–water partition coefficient (Wildman–Crippen LogP) is 2.80. The highest BCUT2D eigenvalue weighted by Crippen LogP contribution is 2.28. The van der Waals surface area contributed by atoms with E-state index in [2.05, 4.69) is 43.1 Å². The van der Waals surface area contributed by atoms with Crippen molar-refractivity contribution in [1.29, 1.82) is 0 Å². The van der Waals surface area contributed by atoms with Crippen molar-refractivity contribution in [2.24, 2.45) is 5.92 Å². The summed E-state index contributed by atoms with van der Waals surface area (Å²) in [5.74, 6) is 0.913. The summed E-state index contributed by atoms with van der Waals surface area (Å²) in [7, 11) is 0. The lowest BCUT2D eigenvalue weighted by Crippen LogP contribution is -2.55. The first-order chi connectivity index (χ1) is 9.13. The van der Waals surface area contributed by atoms with E-state index in [-0.39, 0.29) is 0 Å². The third-order valence-corrected chi connectivity index (χ3v) is 5.04. The third-order valence-electron chi connectivity index (χ3n) is 5.04. The highest BCUT2D eigenvalue weighted by atomic mass is 15.2. The van der Waals surface area contributed by atoms with Crippen LogP contribution >= 0.6 is 0 Å². The molecular weight excluding hydrogens is 232 g/mol. The molecule has 3 heterocycles. The molecule has 0 radical (unpaired) electrons. The Morgan fingerprint density at radius 1 is 1.11 bits per heavy atom. The fourth-order valence-electron chi connectivity index (χ4n) is 3.92. The fraction of sp³-hybridized carbons (Fsp3) is 0.647. The van der Waals surface area contributed by atoms with Gasteiger partial charge in [-0.25, -0.2) is 0 Å². The smallest absolute Gasteiger partial charge is 0.0227 e. The summed E-state index contributed by atoms with van der Waals surface area (Å²) in [6.45, 7) is 11.6. The molecule has 0 spiro atoms. The molecule has 3 aliphatic heterocycles. The van der Waals surface area contributed by atoms with Gasteiger partial charge in [-0.15, -0.1) is 0 Å². The maximum Gasteiger partial charge on any atom is 0.0227 e. The minimum Gasteiger partial charge on any atom is -0.308 e. The predicted molar refractivity (Wildman–Crippen MR) is 80.4 cm³/mol. The molecule has 0 saturated carbocycles. The van der Waals surface area contributed by atoms with Crippen molar-refractivity contribution in [3.8, 4) is 0 Å². The van der Waals surface area contributed by atoms with Crippen LogP contribution in [-0.4, -0.2) is 30.6 Å². The van der Waals surface area contributed by atoms with Crippen LogP contribution in [0.3, 0.4) is 0 Å². The standard InChI is InChI=1S/C17H26N2/c1-12-8-13(2)16(14(3)9-12)10-18-17-11-19-6-4-15(17)5-7-19/h8-9,15,17-18H,4-7,10-11H2,1-3H3. The van der Waals surface area contributed by atoms with Crippen molar-refractivity contribution in [1.82, 2.24) is 10.2 Å². The van der Waals surface area contributed by atoms with Crippen molar-refractivity contribution in [2.75, 3.05) is 19.6 Å². The quantitative estimate of drug-likeness (QED) is 0.897. The average molecular weight is 258 g/mol. The molecule has 0 aromatic heterocycles. The van der Waals surface area contributed by atoms with Gasteiger partial charge >= 0.3 is 0 Å². The van der Waals surface area contributed by atoms with Gasteiger partial charge in [-0.2, -0.15) is 0 Å². The molecule has 0 aliphatic carbocycles. The molecule has 2 nitrogen and oxygen atoms in total. The lowest BCUT2D eigenvalue weighted by atomic mass is 9.84. The summed E-state index contributed by atoms with van der Waals surface area (Å²) in [6.07, 6.45) is 2.78. The molecule has 2 heteroatoms. The van der Waals surface area contributed by atoms with Gasteiger partial charge in [0.15, 0.2) is 0 Å². The van der Waals surface area contributed by atoms with Gasteiger partial charge in [0.1, 0.15) is 0 Å². The highest BCUT2D eigenvalue weighted by Gasteiger charge is 2.33. The first-order valence-corrected chi connectivity index (χ1v) is 7.66. The Morgan fingerprint density at radius 2 is 1.74 bits per heavy atom. The first-order valence-electron chi connectivity index (χ1n) is 7.66. The lowest BCUT2D eigenvalue weighted by molar-refractivity contribution is 0.0719. The number of fused-ring (bicyclic) bond motifs is 3. The molecule has 1 aromatic rings. The van der Waals surface area contributed by atoms with Crippen molar-refractivity contribution >= 4 is 0 Å². The van der Waals surface area contributed by atoms with Crippen LogP contribution in [-0.2, 0) is 6.54 Å². The minimum atomic E-state index is 0.711. The van der Waals surface area contributed by atoms with Crippen molar-refractivity contribution < 1.29 is 0 Å². The molecule has 4 rings (SSSR count). The number of nitrogens with one attached hydrogen (secondary N) is 1. The molecule has 1 N–H and O–H groups in total. The van der Waals surface area contributed by atoms with Gasteiger partial charge in [0.25, 0.3) is 0 Å². The summed E-state index contributed by atoms with van der Waals surface area (Å²) >= 11 is 0. The van der Waals surface area contributed by atoms with Gasteiger partial charge in [0.05, 0.1) is 0 Å². The zero-order valence-electron chi connectivity index (χ0n) is 12.5. The molecule has 3 saturated heterocycles. The molecule has 1 aromatic carbocycles. The van der Waals surface area contributed by atoms with Crippen LogP contribution in [0.25, 0.3) is 0 Å². The SMILES string of the molecule is Cc1cc(C)c(CNC2CN3CCC2CC3)c(C)c1. The lowest BCUT2D eigenvalue weighted by Gasteiger charge is -2.45. The first kappa shape index (κ1) is 13.1. The Hall–Kier alpha value is -0.860. The molecular formula is C17H26N2. The van der Waals surface area contributed by atoms with Crippen LogP contribution in [0.1, 0.15) is 35.1 Å². The molecule has 104 valence electrons. The van der Waals surface area contributed by atoms with E-state index in [0.717, 1.165) is 12.5 Å². The zero-order valence-corrected chi connectivity index (χ0v) is 12.5. The van der Waals surface area contributed by atoms with E-state index in [1.54, 1.807) is 0 Å². The number of piperidine rings is 3. The van der Waals surface area contributed by atoms with Gasteiger partial charge in [-0.1, -0.05) is 17.7 Å². The van der Waals surface area contributed by atoms with Gasteiger partial charge in [0, 0.05) is 19.1 Å². The van der Waals surface area contributed by atoms with Crippen molar-refractivity contribution in [2.45, 2.75) is 46.2 Å². The van der Waals surface area contributed by atoms with Gasteiger partial charge in [0.2, 0.25) is 0 Å². The Morgan fingerprint density at radius 3 is 2.26 bits per heavy atom. The summed E-state index contributed by atoms with van der Waals surface area (Å²) in [6, 6.07) is 5.32. The second-order valence-corrected chi connectivity index (χ2v) is 6.50. The number of hydrogen-bond donors (Lipinski definition) is 1. The number of nitrogens with zero attached hydrogens (tertiary/aromatic N) is 1. The Balaban J connectivity index is 1.66. The zero-order chi connectivity index (χ0) is 13.4. The number of aryl methyl sites for hydroxylation is 3. The fourth-order valence-corrected chi connectivity index (χ4v) is 3.92. The Labute approximate surface area is 117 Å². The van der Waals surface area contributed by atoms with Crippen LogP contribution in [0.5, 0.6) is 0 Å². The minimum absolute atomic E-state index is 0.711. The second kappa shape index (κ2) is 5.26. The van der Waals surface area contributed by atoms with E-state index in [9.17, 15) is 0 Å².